The van der Waals surface area contributed by atoms with E-state index in [4.69, 9.17) is 19.4 Å². The molecule has 5 fully saturated rings. The maximum Gasteiger partial charge on any atom is 0.270 e. The number of rotatable bonds is 2. The van der Waals surface area contributed by atoms with Crippen LogP contribution < -0.4 is 20.3 Å². The van der Waals surface area contributed by atoms with Gasteiger partial charge in [-0.25, -0.2) is 9.97 Å². The first kappa shape index (κ1) is 20.0. The van der Waals surface area contributed by atoms with Crippen LogP contribution >= 0.6 is 0 Å². The number of pyridine rings is 2. The summed E-state index contributed by atoms with van der Waals surface area (Å²) in [5.74, 6) is 1.40. The Kier molecular flexibility index (Phi) is 3.85. The smallest absolute Gasteiger partial charge is 0.270 e. The lowest BCUT2D eigenvalue weighted by Crippen LogP contribution is -2.60. The van der Waals surface area contributed by atoms with Crippen LogP contribution in [0.2, 0.25) is 0 Å². The van der Waals surface area contributed by atoms with Gasteiger partial charge in [0.25, 0.3) is 5.91 Å². The van der Waals surface area contributed by atoms with Crippen molar-refractivity contribution in [3.63, 3.8) is 0 Å². The molecule has 2 N–H and O–H groups in total. The second-order valence-electron chi connectivity index (χ2n) is 11.2. The van der Waals surface area contributed by atoms with Gasteiger partial charge in [0, 0.05) is 42.6 Å². The number of anilines is 1. The van der Waals surface area contributed by atoms with Crippen molar-refractivity contribution in [3.8, 4) is 5.88 Å². The van der Waals surface area contributed by atoms with Gasteiger partial charge in [0.1, 0.15) is 18.1 Å². The van der Waals surface area contributed by atoms with E-state index in [1.54, 1.807) is 0 Å². The third-order valence-corrected chi connectivity index (χ3v) is 8.76. The van der Waals surface area contributed by atoms with E-state index in [0.29, 0.717) is 36.9 Å². The SMILES string of the molecule is Cc1nc2c3c(nc(C(=O)NC45COC(C)(C4)C5)c(C)c3c1C)N1CC3CCC(N3)C1CO2. The zero-order valence-corrected chi connectivity index (χ0v) is 19.7. The highest BCUT2D eigenvalue weighted by molar-refractivity contribution is 6.07. The molecule has 33 heavy (non-hydrogen) atoms. The highest BCUT2D eigenvalue weighted by atomic mass is 16.5. The van der Waals surface area contributed by atoms with E-state index < -0.39 is 0 Å². The van der Waals surface area contributed by atoms with Crippen molar-refractivity contribution in [1.29, 1.82) is 0 Å². The summed E-state index contributed by atoms with van der Waals surface area (Å²) in [6.07, 6.45) is 4.04. The minimum absolute atomic E-state index is 0.0814. The van der Waals surface area contributed by atoms with Crippen LogP contribution in [0.4, 0.5) is 5.82 Å². The Bertz CT molecular complexity index is 1220. The second-order valence-corrected chi connectivity index (χ2v) is 11.2. The lowest BCUT2D eigenvalue weighted by atomic mass is 9.69. The quantitative estimate of drug-likeness (QED) is 0.727. The average molecular weight is 450 g/mol. The van der Waals surface area contributed by atoms with Crippen molar-refractivity contribution in [2.75, 3.05) is 24.7 Å². The fourth-order valence-electron chi connectivity index (χ4n) is 7.16. The molecule has 8 nitrogen and oxygen atoms in total. The first-order valence-electron chi connectivity index (χ1n) is 12.2. The normalized spacial score (nSPS) is 35.6. The predicted molar refractivity (Wildman–Crippen MR) is 124 cm³/mol. The number of fused-ring (bicyclic) bond motifs is 6. The van der Waals surface area contributed by atoms with Crippen molar-refractivity contribution in [2.24, 2.45) is 0 Å². The van der Waals surface area contributed by atoms with Crippen LogP contribution in [0.15, 0.2) is 0 Å². The minimum atomic E-state index is -0.253. The molecule has 5 aliphatic heterocycles. The number of ether oxygens (including phenoxy) is 2. The molecule has 8 rings (SSSR count). The lowest BCUT2D eigenvalue weighted by Gasteiger charge is -2.42. The van der Waals surface area contributed by atoms with Gasteiger partial charge in [-0.1, -0.05) is 0 Å². The molecule has 1 aliphatic carbocycles. The highest BCUT2D eigenvalue weighted by Crippen LogP contribution is 2.51. The van der Waals surface area contributed by atoms with Gasteiger partial charge in [-0.05, 0) is 51.7 Å². The predicted octanol–water partition coefficient (Wildman–Crippen LogP) is 2.31. The number of hydrogen-bond acceptors (Lipinski definition) is 7. The molecule has 4 bridgehead atoms. The molecule has 0 aromatic carbocycles. The van der Waals surface area contributed by atoms with Gasteiger partial charge in [0.2, 0.25) is 5.88 Å². The number of amides is 1. The number of nitrogens with one attached hydrogen (secondary N) is 2. The average Bonchev–Trinajstić information content (AvgIpc) is 3.37. The number of piperazine rings is 1. The Balaban J connectivity index is 1.39. The van der Waals surface area contributed by atoms with Crippen LogP contribution in [0.5, 0.6) is 5.88 Å². The number of carbonyl (C=O) groups is 1. The molecule has 7 heterocycles. The Labute approximate surface area is 193 Å². The molecular weight excluding hydrogens is 418 g/mol. The van der Waals surface area contributed by atoms with Gasteiger partial charge in [0.15, 0.2) is 0 Å². The fourth-order valence-corrected chi connectivity index (χ4v) is 7.16. The minimum Gasteiger partial charge on any atom is -0.475 e. The van der Waals surface area contributed by atoms with E-state index in [9.17, 15) is 4.79 Å². The molecule has 4 saturated heterocycles. The number of aryl methyl sites for hydroxylation is 3. The largest absolute Gasteiger partial charge is 0.475 e. The number of hydrogen-bond donors (Lipinski definition) is 2. The van der Waals surface area contributed by atoms with Crippen LogP contribution in [-0.2, 0) is 4.74 Å². The first-order valence-corrected chi connectivity index (χ1v) is 12.2. The lowest BCUT2D eigenvalue weighted by molar-refractivity contribution is 0.0126. The third kappa shape index (κ3) is 2.68. The van der Waals surface area contributed by atoms with E-state index >= 15 is 0 Å². The topological polar surface area (TPSA) is 88.6 Å². The van der Waals surface area contributed by atoms with Crippen LogP contribution in [0.3, 0.4) is 0 Å². The standard InChI is InChI=1S/C25H31N5O3/c1-12-14(3)26-23-19-18(12)13(2)20(22(31)29-25-9-24(4,10-25)33-11-25)28-21(19)30-7-15-5-6-16(27-15)17(30)8-32-23/h15-17,27H,5-11H2,1-4H3,(H,29,31). The van der Waals surface area contributed by atoms with E-state index in [0.717, 1.165) is 59.2 Å². The highest BCUT2D eigenvalue weighted by Gasteiger charge is 2.60. The second kappa shape index (κ2) is 6.36. The Morgan fingerprint density at radius 3 is 2.73 bits per heavy atom. The van der Waals surface area contributed by atoms with E-state index in [1.807, 2.05) is 13.8 Å². The summed E-state index contributed by atoms with van der Waals surface area (Å²) in [5.41, 5.74) is 3.09. The van der Waals surface area contributed by atoms with Crippen molar-refractivity contribution in [1.82, 2.24) is 20.6 Å². The maximum atomic E-state index is 13.6. The summed E-state index contributed by atoms with van der Waals surface area (Å²) >= 11 is 0. The molecule has 3 atom stereocenters. The molecule has 6 aliphatic rings. The van der Waals surface area contributed by atoms with Crippen LogP contribution in [0.25, 0.3) is 10.8 Å². The zero-order valence-electron chi connectivity index (χ0n) is 19.7. The molecule has 8 heteroatoms. The molecule has 174 valence electrons. The summed E-state index contributed by atoms with van der Waals surface area (Å²) in [4.78, 5) is 25.9. The fraction of sp³-hybridized carbons (Fsp3) is 0.640. The van der Waals surface area contributed by atoms with Crippen LogP contribution in [0.1, 0.15) is 59.9 Å². The van der Waals surface area contributed by atoms with Gasteiger partial charge < -0.3 is 25.0 Å². The molecule has 2 aromatic rings. The summed E-state index contributed by atoms with van der Waals surface area (Å²) in [6, 6.07) is 1.00. The maximum absolute atomic E-state index is 13.6. The first-order chi connectivity index (χ1) is 15.8. The van der Waals surface area contributed by atoms with Gasteiger partial charge in [-0.2, -0.15) is 0 Å². The third-order valence-electron chi connectivity index (χ3n) is 8.76. The summed E-state index contributed by atoms with van der Waals surface area (Å²) in [6.45, 7) is 10.3. The molecule has 0 spiro atoms. The van der Waals surface area contributed by atoms with Crippen molar-refractivity contribution < 1.29 is 14.3 Å². The molecule has 1 amide bonds. The van der Waals surface area contributed by atoms with Gasteiger partial charge in [0.05, 0.1) is 29.2 Å². The number of carbonyl (C=O) groups excluding carboxylic acids is 1. The van der Waals surface area contributed by atoms with Crippen molar-refractivity contribution in [3.05, 3.63) is 22.5 Å². The van der Waals surface area contributed by atoms with E-state index in [2.05, 4.69) is 29.4 Å². The van der Waals surface area contributed by atoms with Gasteiger partial charge in [-0.15, -0.1) is 0 Å². The molecular formula is C25H31N5O3. The van der Waals surface area contributed by atoms with Crippen LogP contribution in [0, 0.1) is 20.8 Å². The molecule has 1 saturated carbocycles. The zero-order chi connectivity index (χ0) is 22.7. The Hall–Kier alpha value is -2.45. The Morgan fingerprint density at radius 2 is 1.97 bits per heavy atom. The van der Waals surface area contributed by atoms with Gasteiger partial charge >= 0.3 is 0 Å². The Morgan fingerprint density at radius 1 is 1.15 bits per heavy atom. The van der Waals surface area contributed by atoms with Crippen molar-refractivity contribution >= 4 is 22.5 Å². The summed E-state index contributed by atoms with van der Waals surface area (Å²) < 4.78 is 12.2. The molecule has 3 unspecified atom stereocenters. The monoisotopic (exact) mass is 449 g/mol. The molecule has 2 aromatic heterocycles. The molecule has 0 radical (unpaired) electrons. The van der Waals surface area contributed by atoms with Crippen LogP contribution in [-0.4, -0.2) is 64.9 Å². The number of aromatic nitrogens is 2. The summed E-state index contributed by atoms with van der Waals surface area (Å²) in [5, 5.41) is 9.05. The van der Waals surface area contributed by atoms with Gasteiger partial charge in [-0.3, -0.25) is 4.79 Å². The van der Waals surface area contributed by atoms with E-state index in [1.165, 1.54) is 6.42 Å². The van der Waals surface area contributed by atoms with Crippen molar-refractivity contribution in [2.45, 2.75) is 82.6 Å². The summed E-state index contributed by atoms with van der Waals surface area (Å²) in [7, 11) is 0. The van der Waals surface area contributed by atoms with E-state index in [-0.39, 0.29) is 23.1 Å². The number of nitrogens with zero attached hydrogens (tertiary/aromatic N) is 3.